The zero-order valence-corrected chi connectivity index (χ0v) is 15.8. The van der Waals surface area contributed by atoms with Crippen LogP contribution < -0.4 is 20.1 Å². The average molecular weight is 438 g/mol. The fourth-order valence-corrected chi connectivity index (χ4v) is 2.26. The van der Waals surface area contributed by atoms with Gasteiger partial charge in [0.2, 0.25) is 17.7 Å². The third kappa shape index (κ3) is 4.66. The molecule has 1 amide bonds. The van der Waals surface area contributed by atoms with Crippen LogP contribution in [0.3, 0.4) is 0 Å². The van der Waals surface area contributed by atoms with Gasteiger partial charge in [0.25, 0.3) is 5.91 Å². The molecule has 0 aliphatic carbocycles. The summed E-state index contributed by atoms with van der Waals surface area (Å²) in [5, 5.41) is 2.18. The lowest BCUT2D eigenvalue weighted by Gasteiger charge is -2.38. The summed E-state index contributed by atoms with van der Waals surface area (Å²) in [4.78, 5) is 19.1. The number of rotatable bonds is 6. The zero-order chi connectivity index (χ0) is 22.7. The van der Waals surface area contributed by atoms with Gasteiger partial charge in [0.1, 0.15) is 0 Å². The Labute approximate surface area is 166 Å². The number of alkyl halides is 6. The minimum absolute atomic E-state index is 0.368. The molecule has 0 fully saturated rings. The lowest BCUT2D eigenvalue weighted by atomic mass is 10.1. The minimum atomic E-state index is -6.04. The molecule has 13 heteroatoms. The van der Waals surface area contributed by atoms with Crippen LogP contribution in [-0.2, 0) is 0 Å². The molecule has 0 aliphatic rings. The van der Waals surface area contributed by atoms with E-state index in [-0.39, 0.29) is 11.8 Å². The number of nitrogens with one attached hydrogen (secondary N) is 2. The van der Waals surface area contributed by atoms with E-state index in [1.54, 1.807) is 6.92 Å². The fraction of sp³-hybridized carbons (Fsp3) is 0.353. The molecule has 2 aromatic rings. The molecule has 0 unspecified atom stereocenters. The fourth-order valence-electron chi connectivity index (χ4n) is 2.26. The summed E-state index contributed by atoms with van der Waals surface area (Å²) in [5.74, 6) is -3.49. The summed E-state index contributed by atoms with van der Waals surface area (Å²) in [7, 11) is 2.18. The van der Waals surface area contributed by atoms with E-state index in [1.165, 1.54) is 17.4 Å². The second-order valence-corrected chi connectivity index (χ2v) is 5.97. The first kappa shape index (κ1) is 23.0. The smallest absolute Gasteiger partial charge is 0.439 e. The van der Waals surface area contributed by atoms with Crippen molar-refractivity contribution in [3.05, 3.63) is 41.5 Å². The van der Waals surface area contributed by atoms with Gasteiger partial charge < -0.3 is 20.1 Å². The first-order valence-corrected chi connectivity index (χ1v) is 8.11. The molecule has 164 valence electrons. The monoisotopic (exact) mass is 438 g/mol. The van der Waals surface area contributed by atoms with E-state index < -0.39 is 35.4 Å². The van der Waals surface area contributed by atoms with E-state index >= 15 is 0 Å². The van der Waals surface area contributed by atoms with Gasteiger partial charge in [-0.25, -0.2) is 0 Å². The number of halogens is 6. The number of benzene rings is 1. The number of ether oxygens (including phenoxy) is 2. The molecule has 2 N–H and O–H groups in total. The summed E-state index contributed by atoms with van der Waals surface area (Å²) in [6, 6.07) is 5.95. The number of carbonyl (C=O) groups is 1. The van der Waals surface area contributed by atoms with E-state index in [4.69, 9.17) is 9.47 Å². The second-order valence-electron chi connectivity index (χ2n) is 5.97. The van der Waals surface area contributed by atoms with Crippen LogP contribution in [-0.4, -0.2) is 48.1 Å². The van der Waals surface area contributed by atoms with Crippen molar-refractivity contribution in [2.24, 2.45) is 0 Å². The average Bonchev–Trinajstić information content (AvgIpc) is 2.65. The van der Waals surface area contributed by atoms with Crippen molar-refractivity contribution in [2.75, 3.05) is 19.5 Å². The highest BCUT2D eigenvalue weighted by atomic mass is 19.4. The van der Waals surface area contributed by atoms with E-state index in [9.17, 15) is 31.1 Å². The molecular formula is C17H16F6N4O3. The lowest BCUT2D eigenvalue weighted by molar-refractivity contribution is -0.294. The highest BCUT2D eigenvalue weighted by molar-refractivity contribution is 5.95. The van der Waals surface area contributed by atoms with Gasteiger partial charge in [-0.3, -0.25) is 4.79 Å². The van der Waals surface area contributed by atoms with E-state index in [1.807, 2.05) is 0 Å². The number of aromatic nitrogens is 2. The Morgan fingerprint density at radius 3 is 1.77 bits per heavy atom. The van der Waals surface area contributed by atoms with Gasteiger partial charge in [0.05, 0.1) is 20.3 Å². The molecule has 1 aromatic carbocycles. The van der Waals surface area contributed by atoms with Gasteiger partial charge in [0, 0.05) is 5.56 Å². The molecule has 30 heavy (non-hydrogen) atoms. The number of nitrogens with zero attached hydrogens (tertiary/aromatic N) is 2. The largest absolute Gasteiger partial charge is 0.481 e. The van der Waals surface area contributed by atoms with Gasteiger partial charge in [-0.2, -0.15) is 36.3 Å². The summed E-state index contributed by atoms with van der Waals surface area (Å²) >= 11 is 0. The first-order chi connectivity index (χ1) is 13.8. The Hall–Kier alpha value is -3.25. The van der Waals surface area contributed by atoms with Crippen molar-refractivity contribution in [3.8, 4) is 11.8 Å². The molecule has 0 radical (unpaired) electrons. The highest BCUT2D eigenvalue weighted by Crippen LogP contribution is 2.43. The standard InChI is InChI=1S/C17H16F6N4O3/c1-9-4-6-10(7-5-9)13(28)26-15(16(18,19)20,17(21,22)23)27-14-24-11(29-2)8-12(25-14)30-3/h4-8H,1-3H3,(H,26,28)(H,24,25,27). The Bertz CT molecular complexity index is 864. The topological polar surface area (TPSA) is 85.4 Å². The number of aryl methyl sites for hydroxylation is 1. The number of hydrogen-bond donors (Lipinski definition) is 2. The molecule has 0 atom stereocenters. The molecule has 7 nitrogen and oxygen atoms in total. The lowest BCUT2D eigenvalue weighted by Crippen LogP contribution is -2.72. The molecule has 0 saturated heterocycles. The number of amides is 1. The Balaban J connectivity index is 2.57. The van der Waals surface area contributed by atoms with E-state index in [0.717, 1.165) is 37.7 Å². The second kappa shape index (κ2) is 8.24. The Kier molecular flexibility index (Phi) is 6.33. The zero-order valence-electron chi connectivity index (χ0n) is 15.8. The van der Waals surface area contributed by atoms with Gasteiger partial charge in [0.15, 0.2) is 0 Å². The van der Waals surface area contributed by atoms with Crippen LogP contribution in [0.25, 0.3) is 0 Å². The number of hydrogen-bond acceptors (Lipinski definition) is 6. The molecular weight excluding hydrogens is 422 g/mol. The van der Waals surface area contributed by atoms with Crippen molar-refractivity contribution in [2.45, 2.75) is 24.9 Å². The highest BCUT2D eigenvalue weighted by Gasteiger charge is 2.73. The van der Waals surface area contributed by atoms with Gasteiger partial charge in [-0.05, 0) is 19.1 Å². The van der Waals surface area contributed by atoms with Crippen LogP contribution in [0, 0.1) is 6.92 Å². The number of methoxy groups -OCH3 is 2. The van der Waals surface area contributed by atoms with Crippen LogP contribution >= 0.6 is 0 Å². The molecule has 0 aliphatic heterocycles. The minimum Gasteiger partial charge on any atom is -0.481 e. The van der Waals surface area contributed by atoms with Crippen LogP contribution in [0.5, 0.6) is 11.8 Å². The predicted octanol–water partition coefficient (Wildman–Crippen LogP) is 3.47. The third-order valence-electron chi connectivity index (χ3n) is 3.86. The SMILES string of the molecule is COc1cc(OC)nc(NC(NC(=O)c2ccc(C)cc2)(C(F)(F)F)C(F)(F)F)n1. The van der Waals surface area contributed by atoms with Gasteiger partial charge in [-0.1, -0.05) is 17.7 Å². The van der Waals surface area contributed by atoms with E-state index in [2.05, 4.69) is 9.97 Å². The maximum atomic E-state index is 13.7. The third-order valence-corrected chi connectivity index (χ3v) is 3.86. The summed E-state index contributed by atoms with van der Waals surface area (Å²) < 4.78 is 91.9. The summed E-state index contributed by atoms with van der Waals surface area (Å²) in [6.07, 6.45) is -12.1. The number of carbonyl (C=O) groups excluding carboxylic acids is 1. The Morgan fingerprint density at radius 1 is 0.900 bits per heavy atom. The maximum absolute atomic E-state index is 13.7. The van der Waals surface area contributed by atoms with Crippen molar-refractivity contribution in [3.63, 3.8) is 0 Å². The maximum Gasteiger partial charge on any atom is 0.439 e. The van der Waals surface area contributed by atoms with Gasteiger partial charge >= 0.3 is 18.0 Å². The van der Waals surface area contributed by atoms with Crippen LogP contribution in [0.2, 0.25) is 0 Å². The number of anilines is 1. The summed E-state index contributed by atoms with van der Waals surface area (Å²) in [5.41, 5.74) is -4.66. The first-order valence-electron chi connectivity index (χ1n) is 8.11. The predicted molar refractivity (Wildman–Crippen MR) is 92.2 cm³/mol. The van der Waals surface area contributed by atoms with Crippen molar-refractivity contribution >= 4 is 11.9 Å². The normalized spacial score (nSPS) is 12.3. The van der Waals surface area contributed by atoms with Gasteiger partial charge in [-0.15, -0.1) is 0 Å². The van der Waals surface area contributed by atoms with Crippen LogP contribution in [0.4, 0.5) is 32.3 Å². The molecule has 1 heterocycles. The molecule has 1 aromatic heterocycles. The van der Waals surface area contributed by atoms with Crippen molar-refractivity contribution < 1.29 is 40.6 Å². The summed E-state index contributed by atoms with van der Waals surface area (Å²) in [6.45, 7) is 1.63. The van der Waals surface area contributed by atoms with Crippen molar-refractivity contribution in [1.29, 1.82) is 0 Å². The molecule has 0 spiro atoms. The van der Waals surface area contributed by atoms with E-state index in [0.29, 0.717) is 5.56 Å². The van der Waals surface area contributed by atoms with Crippen molar-refractivity contribution in [1.82, 2.24) is 15.3 Å². The van der Waals surface area contributed by atoms with Crippen LogP contribution in [0.15, 0.2) is 30.3 Å². The molecule has 0 saturated carbocycles. The quantitative estimate of drug-likeness (QED) is 0.531. The molecule has 2 rings (SSSR count). The Morgan fingerprint density at radius 2 is 1.37 bits per heavy atom. The molecule has 0 bridgehead atoms. The van der Waals surface area contributed by atoms with Crippen LogP contribution in [0.1, 0.15) is 15.9 Å².